The summed E-state index contributed by atoms with van der Waals surface area (Å²) in [6.07, 6.45) is 8.86. The van der Waals surface area contributed by atoms with E-state index >= 15 is 0 Å². The van der Waals surface area contributed by atoms with Crippen LogP contribution in [0.3, 0.4) is 0 Å². The Hall–Kier alpha value is -7.15. The molecule has 0 amide bonds. The zero-order chi connectivity index (χ0) is 37.8. The molecule has 7 aromatic carbocycles. The molecule has 2 aliphatic rings. The molecule has 0 saturated carbocycles. The number of hydrogen-bond acceptors (Lipinski definition) is 4. The third-order valence-corrected chi connectivity index (χ3v) is 16.5. The molecular weight excluding hydrogens is 711 g/mol. The van der Waals surface area contributed by atoms with Gasteiger partial charge in [-0.25, -0.2) is 0 Å². The second kappa shape index (κ2) is 13.5. The summed E-state index contributed by atoms with van der Waals surface area (Å²) < 4.78 is 2.20. The van der Waals surface area contributed by atoms with Gasteiger partial charge in [-0.1, -0.05) is 194 Å². The lowest BCUT2D eigenvalue weighted by Crippen LogP contribution is -2.74. The van der Waals surface area contributed by atoms with E-state index in [0.29, 0.717) is 17.7 Å². The summed E-state index contributed by atoms with van der Waals surface area (Å²) in [6, 6.07) is 67.9. The highest BCUT2D eigenvalue weighted by atomic mass is 28.3. The molecule has 0 radical (unpaired) electrons. The summed E-state index contributed by atoms with van der Waals surface area (Å²) in [5.41, 5.74) is 5.45. The Morgan fingerprint density at radius 1 is 0.439 bits per heavy atom. The zero-order valence-corrected chi connectivity index (χ0v) is 32.1. The van der Waals surface area contributed by atoms with E-state index in [-0.39, 0.29) is 12.0 Å². The molecule has 0 N–H and O–H groups in total. The molecule has 3 heterocycles. The van der Waals surface area contributed by atoms with Gasteiger partial charge in [0, 0.05) is 27.9 Å². The Morgan fingerprint density at radius 2 is 0.965 bits per heavy atom. The van der Waals surface area contributed by atoms with E-state index in [1.807, 2.05) is 0 Å². The van der Waals surface area contributed by atoms with E-state index in [0.717, 1.165) is 33.1 Å². The molecule has 270 valence electrons. The molecule has 2 aromatic heterocycles. The number of aromatic nitrogens is 4. The Kier molecular flexibility index (Phi) is 7.89. The van der Waals surface area contributed by atoms with Crippen LogP contribution in [0.2, 0.25) is 0 Å². The zero-order valence-electron chi connectivity index (χ0n) is 31.1. The van der Waals surface area contributed by atoms with Crippen LogP contribution < -0.4 is 25.6 Å². The van der Waals surface area contributed by atoms with Crippen LogP contribution in [0, 0.1) is 0 Å². The molecule has 1 aliphatic heterocycles. The number of rotatable bonds is 7. The Labute approximate surface area is 332 Å². The minimum Gasteiger partial charge on any atom is -0.302 e. The maximum absolute atomic E-state index is 5.43. The van der Waals surface area contributed by atoms with Gasteiger partial charge in [0.1, 0.15) is 0 Å². The summed E-state index contributed by atoms with van der Waals surface area (Å²) in [6.45, 7) is 0. The van der Waals surface area contributed by atoms with Gasteiger partial charge in [-0.15, -0.1) is 0 Å². The minimum absolute atomic E-state index is 0.0364. The molecular formula is C51H37N5Si. The van der Waals surface area contributed by atoms with E-state index in [9.17, 15) is 0 Å². The van der Waals surface area contributed by atoms with Crippen LogP contribution in [0.1, 0.15) is 11.5 Å². The first-order valence-electron chi connectivity index (χ1n) is 19.5. The Morgan fingerprint density at radius 3 is 1.61 bits per heavy atom. The maximum Gasteiger partial charge on any atom is 0.240 e. The Bertz CT molecular complexity index is 2840. The molecule has 57 heavy (non-hydrogen) atoms. The molecule has 0 fully saturated rings. The number of benzene rings is 7. The van der Waals surface area contributed by atoms with E-state index in [1.165, 1.54) is 26.3 Å². The SMILES string of the molecule is C1=CC2c3ccccc3N(c3nc(-c4cccc([Si](c5ccccc5)(c5ccccc5)c5ccccc5)c4)nc(-n4c5ccccc5c5ccccc54)n3)C2C=C1. The van der Waals surface area contributed by atoms with Gasteiger partial charge in [-0.2, -0.15) is 15.0 Å². The lowest BCUT2D eigenvalue weighted by molar-refractivity contribution is 0.725. The fraction of sp³-hybridized carbons (Fsp3) is 0.0392. The predicted octanol–water partition coefficient (Wildman–Crippen LogP) is 8.74. The number of para-hydroxylation sites is 3. The molecule has 5 nitrogen and oxygen atoms in total. The van der Waals surface area contributed by atoms with Crippen LogP contribution in [0.4, 0.5) is 11.6 Å². The highest BCUT2D eigenvalue weighted by Crippen LogP contribution is 2.47. The van der Waals surface area contributed by atoms with Crippen molar-refractivity contribution in [3.05, 3.63) is 218 Å². The number of anilines is 2. The summed E-state index contributed by atoms with van der Waals surface area (Å²) in [5.74, 6) is 2.04. The van der Waals surface area contributed by atoms with Crippen molar-refractivity contribution in [2.24, 2.45) is 0 Å². The first-order chi connectivity index (χ1) is 28.3. The summed E-state index contributed by atoms with van der Waals surface area (Å²) in [5, 5.41) is 7.54. The van der Waals surface area contributed by atoms with E-state index in [4.69, 9.17) is 15.0 Å². The van der Waals surface area contributed by atoms with Crippen molar-refractivity contribution < 1.29 is 0 Å². The molecule has 0 bridgehead atoms. The fourth-order valence-electron chi connectivity index (χ4n) is 9.30. The molecule has 9 aromatic rings. The molecule has 0 spiro atoms. The minimum atomic E-state index is -2.82. The van der Waals surface area contributed by atoms with E-state index < -0.39 is 8.07 Å². The second-order valence-electron chi connectivity index (χ2n) is 14.8. The molecule has 1 aliphatic carbocycles. The van der Waals surface area contributed by atoms with Gasteiger partial charge in [-0.3, -0.25) is 4.57 Å². The standard InChI is InChI=1S/C51H37N5Si/c1-4-20-37(21-5-1)57(38-22-6-2-7-23-38,39-24-8-3-9-25-39)40-26-18-19-36(35-40)49-52-50(55-45-31-14-10-27-41(45)42-28-11-15-32-46(42)55)54-51(53-49)56-47-33-16-12-29-43(47)44-30-13-17-34-48(44)56/h1-35,41,45H. The van der Waals surface area contributed by atoms with Crippen molar-refractivity contribution in [2.75, 3.05) is 4.90 Å². The van der Waals surface area contributed by atoms with Crippen molar-refractivity contribution in [1.82, 2.24) is 19.5 Å². The molecule has 11 rings (SSSR count). The van der Waals surface area contributed by atoms with Crippen LogP contribution in [0.15, 0.2) is 212 Å². The topological polar surface area (TPSA) is 46.8 Å². The van der Waals surface area contributed by atoms with Gasteiger partial charge in [0.25, 0.3) is 0 Å². The first kappa shape index (κ1) is 33.2. The quantitative estimate of drug-likeness (QED) is 0.121. The first-order valence-corrected chi connectivity index (χ1v) is 21.5. The van der Waals surface area contributed by atoms with Crippen molar-refractivity contribution in [3.63, 3.8) is 0 Å². The monoisotopic (exact) mass is 747 g/mol. The fourth-order valence-corrected chi connectivity index (χ4v) is 14.1. The third kappa shape index (κ3) is 5.25. The van der Waals surface area contributed by atoms with Gasteiger partial charge in [-0.05, 0) is 44.5 Å². The highest BCUT2D eigenvalue weighted by Gasteiger charge is 2.42. The van der Waals surface area contributed by atoms with Crippen LogP contribution in [-0.4, -0.2) is 33.6 Å². The lowest BCUT2D eigenvalue weighted by atomic mass is 9.92. The summed E-state index contributed by atoms with van der Waals surface area (Å²) in [4.78, 5) is 18.6. The van der Waals surface area contributed by atoms with Crippen LogP contribution in [0.5, 0.6) is 0 Å². The Balaban J connectivity index is 1.19. The van der Waals surface area contributed by atoms with Crippen LogP contribution >= 0.6 is 0 Å². The van der Waals surface area contributed by atoms with Gasteiger partial charge in [0.2, 0.25) is 11.9 Å². The molecule has 0 saturated heterocycles. The number of fused-ring (bicyclic) bond motifs is 6. The van der Waals surface area contributed by atoms with Crippen molar-refractivity contribution in [3.8, 4) is 17.3 Å². The number of nitrogens with zero attached hydrogens (tertiary/aromatic N) is 5. The summed E-state index contributed by atoms with van der Waals surface area (Å²) >= 11 is 0. The smallest absolute Gasteiger partial charge is 0.240 e. The van der Waals surface area contributed by atoms with Gasteiger partial charge < -0.3 is 4.90 Å². The van der Waals surface area contributed by atoms with E-state index in [2.05, 4.69) is 222 Å². The molecule has 6 heteroatoms. The second-order valence-corrected chi connectivity index (χ2v) is 18.6. The van der Waals surface area contributed by atoms with Gasteiger partial charge in [0.15, 0.2) is 13.9 Å². The average Bonchev–Trinajstić information content (AvgIpc) is 3.81. The molecule has 2 unspecified atom stereocenters. The van der Waals surface area contributed by atoms with E-state index in [1.54, 1.807) is 0 Å². The van der Waals surface area contributed by atoms with Crippen molar-refractivity contribution in [2.45, 2.75) is 12.0 Å². The van der Waals surface area contributed by atoms with Gasteiger partial charge in [0.05, 0.1) is 17.1 Å². The lowest BCUT2D eigenvalue weighted by Gasteiger charge is -2.34. The highest BCUT2D eigenvalue weighted by molar-refractivity contribution is 7.19. The number of allylic oxidation sites excluding steroid dienone is 2. The largest absolute Gasteiger partial charge is 0.302 e. The van der Waals surface area contributed by atoms with Crippen molar-refractivity contribution in [1.29, 1.82) is 0 Å². The maximum atomic E-state index is 5.43. The average molecular weight is 748 g/mol. The normalized spacial score (nSPS) is 15.9. The molecule has 2 atom stereocenters. The van der Waals surface area contributed by atoms with Crippen LogP contribution in [-0.2, 0) is 0 Å². The number of hydrogen-bond donors (Lipinski definition) is 0. The summed E-state index contributed by atoms with van der Waals surface area (Å²) in [7, 11) is -2.82. The predicted molar refractivity (Wildman–Crippen MR) is 237 cm³/mol. The van der Waals surface area contributed by atoms with Gasteiger partial charge >= 0.3 is 0 Å². The van der Waals surface area contributed by atoms with Crippen molar-refractivity contribution >= 4 is 62.3 Å². The van der Waals surface area contributed by atoms with Crippen LogP contribution in [0.25, 0.3) is 39.1 Å². The third-order valence-electron chi connectivity index (χ3n) is 11.7.